The van der Waals surface area contributed by atoms with Crippen LogP contribution in [0.1, 0.15) is 5.56 Å². The van der Waals surface area contributed by atoms with Crippen molar-refractivity contribution in [3.8, 4) is 5.75 Å². The van der Waals surface area contributed by atoms with E-state index in [2.05, 4.69) is 10.6 Å². The number of halogens is 1. The van der Waals surface area contributed by atoms with E-state index in [-0.39, 0.29) is 12.3 Å². The van der Waals surface area contributed by atoms with Crippen LogP contribution in [0.2, 0.25) is 0 Å². The molecule has 0 bridgehead atoms. The van der Waals surface area contributed by atoms with E-state index in [1.165, 1.54) is 6.07 Å². The largest absolute Gasteiger partial charge is 0.505 e. The van der Waals surface area contributed by atoms with Crippen LogP contribution in [-0.2, 0) is 6.42 Å². The topological polar surface area (TPSA) is 81.6 Å². The summed E-state index contributed by atoms with van der Waals surface area (Å²) in [4.78, 5) is 11.9. The van der Waals surface area contributed by atoms with E-state index in [4.69, 9.17) is 5.11 Å². The molecule has 2 rings (SSSR count). The second-order valence-corrected chi connectivity index (χ2v) is 4.38. The van der Waals surface area contributed by atoms with E-state index in [1.54, 1.807) is 18.2 Å². The number of amides is 2. The zero-order chi connectivity index (χ0) is 15.2. The average molecular weight is 290 g/mol. The number of phenolic OH excluding ortho intramolecular Hbond substituents is 1. The number of para-hydroxylation sites is 1. The van der Waals surface area contributed by atoms with Gasteiger partial charge in [0.05, 0.1) is 0 Å². The SMILES string of the molecule is O=C(Nc1ccc(F)c(O)c1)Nc1ccccc1CCO. The van der Waals surface area contributed by atoms with Gasteiger partial charge in [-0.2, -0.15) is 0 Å². The van der Waals surface area contributed by atoms with Gasteiger partial charge in [0.15, 0.2) is 11.6 Å². The number of aromatic hydroxyl groups is 1. The predicted octanol–water partition coefficient (Wildman–Crippen LogP) is 2.71. The molecule has 110 valence electrons. The van der Waals surface area contributed by atoms with Crippen molar-refractivity contribution in [2.45, 2.75) is 6.42 Å². The Kier molecular flexibility index (Phi) is 4.73. The molecular weight excluding hydrogens is 275 g/mol. The van der Waals surface area contributed by atoms with Crippen LogP contribution in [0.5, 0.6) is 5.75 Å². The summed E-state index contributed by atoms with van der Waals surface area (Å²) in [5.41, 5.74) is 1.65. The van der Waals surface area contributed by atoms with Crippen LogP contribution in [-0.4, -0.2) is 22.9 Å². The predicted molar refractivity (Wildman–Crippen MR) is 77.9 cm³/mol. The maximum Gasteiger partial charge on any atom is 0.323 e. The third-order valence-corrected chi connectivity index (χ3v) is 2.85. The Balaban J connectivity index is 2.06. The molecule has 0 heterocycles. The molecule has 2 amide bonds. The molecule has 0 aliphatic carbocycles. The highest BCUT2D eigenvalue weighted by Crippen LogP contribution is 2.21. The van der Waals surface area contributed by atoms with Gasteiger partial charge in [0.2, 0.25) is 0 Å². The minimum absolute atomic E-state index is 0.0217. The molecule has 0 aliphatic heterocycles. The quantitative estimate of drug-likeness (QED) is 0.699. The van der Waals surface area contributed by atoms with Gasteiger partial charge >= 0.3 is 6.03 Å². The summed E-state index contributed by atoms with van der Waals surface area (Å²) in [7, 11) is 0. The summed E-state index contributed by atoms with van der Waals surface area (Å²) in [5.74, 6) is -1.29. The van der Waals surface area contributed by atoms with E-state index >= 15 is 0 Å². The molecule has 0 unspecified atom stereocenters. The Labute approximate surface area is 121 Å². The molecule has 5 nitrogen and oxygen atoms in total. The fraction of sp³-hybridized carbons (Fsp3) is 0.133. The van der Waals surface area contributed by atoms with E-state index in [9.17, 15) is 14.3 Å². The zero-order valence-corrected chi connectivity index (χ0v) is 11.1. The van der Waals surface area contributed by atoms with Crippen molar-refractivity contribution in [3.63, 3.8) is 0 Å². The van der Waals surface area contributed by atoms with Crippen molar-refractivity contribution in [1.29, 1.82) is 0 Å². The van der Waals surface area contributed by atoms with E-state index in [0.717, 1.165) is 17.7 Å². The fourth-order valence-electron chi connectivity index (χ4n) is 1.86. The number of urea groups is 1. The van der Waals surface area contributed by atoms with Crippen LogP contribution in [0.15, 0.2) is 42.5 Å². The lowest BCUT2D eigenvalue weighted by atomic mass is 10.1. The molecular formula is C15H15FN2O3. The Bertz CT molecular complexity index is 647. The Morgan fingerprint density at radius 1 is 1.14 bits per heavy atom. The van der Waals surface area contributed by atoms with Crippen molar-refractivity contribution < 1.29 is 19.4 Å². The molecule has 21 heavy (non-hydrogen) atoms. The number of anilines is 2. The second-order valence-electron chi connectivity index (χ2n) is 4.38. The number of hydrogen-bond donors (Lipinski definition) is 4. The van der Waals surface area contributed by atoms with Crippen LogP contribution < -0.4 is 10.6 Å². The van der Waals surface area contributed by atoms with Crippen LogP contribution in [0.3, 0.4) is 0 Å². The van der Waals surface area contributed by atoms with Gasteiger partial charge < -0.3 is 20.8 Å². The molecule has 0 fully saturated rings. The summed E-state index contributed by atoms with van der Waals surface area (Å²) in [6, 6.07) is 10.1. The van der Waals surface area contributed by atoms with Crippen molar-refractivity contribution in [2.75, 3.05) is 17.2 Å². The zero-order valence-electron chi connectivity index (χ0n) is 11.1. The molecule has 0 saturated heterocycles. The second kappa shape index (κ2) is 6.71. The van der Waals surface area contributed by atoms with Gasteiger partial charge in [-0.15, -0.1) is 0 Å². The molecule has 0 aliphatic rings. The number of hydrogen-bond acceptors (Lipinski definition) is 3. The van der Waals surface area contributed by atoms with Gasteiger partial charge in [0.25, 0.3) is 0 Å². The van der Waals surface area contributed by atoms with Crippen molar-refractivity contribution in [3.05, 3.63) is 53.8 Å². The molecule has 2 aromatic rings. The van der Waals surface area contributed by atoms with Gasteiger partial charge in [0, 0.05) is 24.0 Å². The highest BCUT2D eigenvalue weighted by atomic mass is 19.1. The number of aliphatic hydroxyl groups excluding tert-OH is 1. The fourth-order valence-corrected chi connectivity index (χ4v) is 1.86. The van der Waals surface area contributed by atoms with Crippen molar-refractivity contribution in [1.82, 2.24) is 0 Å². The first kappa shape index (κ1) is 14.8. The molecule has 0 saturated carbocycles. The Morgan fingerprint density at radius 3 is 2.62 bits per heavy atom. The average Bonchev–Trinajstić information content (AvgIpc) is 2.45. The Morgan fingerprint density at radius 2 is 1.90 bits per heavy atom. The Hall–Kier alpha value is -2.60. The van der Waals surface area contributed by atoms with Crippen molar-refractivity contribution in [2.24, 2.45) is 0 Å². The summed E-state index contributed by atoms with van der Waals surface area (Å²) in [6.07, 6.45) is 0.424. The minimum atomic E-state index is -0.755. The highest BCUT2D eigenvalue weighted by molar-refractivity contribution is 6.00. The smallest absolute Gasteiger partial charge is 0.323 e. The van der Waals surface area contributed by atoms with Gasteiger partial charge in [-0.3, -0.25) is 0 Å². The van der Waals surface area contributed by atoms with Crippen LogP contribution in [0.25, 0.3) is 0 Å². The maximum absolute atomic E-state index is 12.9. The maximum atomic E-state index is 12.9. The molecule has 4 N–H and O–H groups in total. The molecule has 0 aromatic heterocycles. The summed E-state index contributed by atoms with van der Waals surface area (Å²) < 4.78 is 12.9. The number of carbonyl (C=O) groups is 1. The van der Waals surface area contributed by atoms with E-state index in [0.29, 0.717) is 12.1 Å². The summed E-state index contributed by atoms with van der Waals surface area (Å²) in [5, 5.41) is 23.4. The molecule has 0 radical (unpaired) electrons. The first-order valence-electron chi connectivity index (χ1n) is 6.35. The van der Waals surface area contributed by atoms with Gasteiger partial charge in [0.1, 0.15) is 0 Å². The van der Waals surface area contributed by atoms with Gasteiger partial charge in [-0.1, -0.05) is 18.2 Å². The lowest BCUT2D eigenvalue weighted by molar-refractivity contribution is 0.262. The van der Waals surface area contributed by atoms with Gasteiger partial charge in [-0.05, 0) is 30.2 Å². The third-order valence-electron chi connectivity index (χ3n) is 2.85. The van der Waals surface area contributed by atoms with Crippen molar-refractivity contribution >= 4 is 17.4 Å². The first-order valence-corrected chi connectivity index (χ1v) is 6.35. The number of benzene rings is 2. The standard InChI is InChI=1S/C15H15FN2O3/c16-12-6-5-11(9-14(12)20)17-15(21)18-13-4-2-1-3-10(13)7-8-19/h1-6,9,19-20H,7-8H2,(H2,17,18,21). The number of phenols is 1. The highest BCUT2D eigenvalue weighted by Gasteiger charge is 2.08. The normalized spacial score (nSPS) is 10.2. The number of nitrogens with one attached hydrogen (secondary N) is 2. The summed E-state index contributed by atoms with van der Waals surface area (Å²) >= 11 is 0. The van der Waals surface area contributed by atoms with Crippen LogP contribution in [0.4, 0.5) is 20.6 Å². The monoisotopic (exact) mass is 290 g/mol. The number of carbonyl (C=O) groups excluding carboxylic acids is 1. The minimum Gasteiger partial charge on any atom is -0.505 e. The van der Waals surface area contributed by atoms with E-state index in [1.807, 2.05) is 6.07 Å². The first-order chi connectivity index (χ1) is 10.1. The number of rotatable bonds is 4. The van der Waals surface area contributed by atoms with Gasteiger partial charge in [-0.25, -0.2) is 9.18 Å². The molecule has 0 atom stereocenters. The summed E-state index contributed by atoms with van der Waals surface area (Å²) in [6.45, 7) is -0.0217. The lowest BCUT2D eigenvalue weighted by Crippen LogP contribution is -2.20. The van der Waals surface area contributed by atoms with E-state index < -0.39 is 17.6 Å². The third kappa shape index (κ3) is 3.93. The molecule has 0 spiro atoms. The molecule has 6 heteroatoms. The number of aliphatic hydroxyl groups is 1. The molecule has 2 aromatic carbocycles. The van der Waals surface area contributed by atoms with Crippen LogP contribution in [0, 0.1) is 5.82 Å². The lowest BCUT2D eigenvalue weighted by Gasteiger charge is -2.11. The van der Waals surface area contributed by atoms with Crippen LogP contribution >= 0.6 is 0 Å².